The number of carbonyl (C=O) groups is 2. The van der Waals surface area contributed by atoms with E-state index in [-0.39, 0.29) is 23.6 Å². The van der Waals surface area contributed by atoms with Crippen LogP contribution in [0.3, 0.4) is 0 Å². The van der Waals surface area contributed by atoms with Gasteiger partial charge in [0, 0.05) is 41.8 Å². The van der Waals surface area contributed by atoms with Crippen LogP contribution in [0.25, 0.3) is 11.0 Å². The molecule has 1 aliphatic heterocycles. The lowest BCUT2D eigenvalue weighted by Gasteiger charge is -2.31. The lowest BCUT2D eigenvalue weighted by Crippen LogP contribution is -2.38. The Labute approximate surface area is 202 Å². The molecule has 0 spiro atoms. The summed E-state index contributed by atoms with van der Waals surface area (Å²) >= 11 is 6.09. The van der Waals surface area contributed by atoms with Gasteiger partial charge in [0.1, 0.15) is 11.5 Å². The Morgan fingerprint density at radius 2 is 1.97 bits per heavy atom. The van der Waals surface area contributed by atoms with E-state index in [1.54, 1.807) is 12.3 Å². The second-order valence-electron chi connectivity index (χ2n) is 9.49. The van der Waals surface area contributed by atoms with Gasteiger partial charge in [0.25, 0.3) is 0 Å². The van der Waals surface area contributed by atoms with Crippen LogP contribution in [0.5, 0.6) is 0 Å². The molecule has 5 rings (SSSR count). The van der Waals surface area contributed by atoms with Crippen molar-refractivity contribution in [1.82, 2.24) is 14.5 Å². The summed E-state index contributed by atoms with van der Waals surface area (Å²) < 4.78 is 16.1. The number of hydrogen-bond donors (Lipinski definition) is 1. The summed E-state index contributed by atoms with van der Waals surface area (Å²) in [6.07, 6.45) is 5.81. The lowest BCUT2D eigenvalue weighted by atomic mass is 9.80. The summed E-state index contributed by atoms with van der Waals surface area (Å²) in [6.45, 7) is 1.55. The third-order valence-electron chi connectivity index (χ3n) is 7.29. The zero-order valence-electron chi connectivity index (χ0n) is 18.8. The highest BCUT2D eigenvalue weighted by Gasteiger charge is 2.31. The number of amides is 1. The van der Waals surface area contributed by atoms with E-state index in [1.807, 2.05) is 11.0 Å². The molecule has 6 nitrogen and oxygen atoms in total. The predicted octanol–water partition coefficient (Wildman–Crippen LogP) is 5.04. The van der Waals surface area contributed by atoms with E-state index in [0.29, 0.717) is 43.9 Å². The topological polar surface area (TPSA) is 75.4 Å². The molecule has 2 aromatic heterocycles. The number of carbonyl (C=O) groups excluding carboxylic acids is 1. The van der Waals surface area contributed by atoms with Crippen molar-refractivity contribution in [1.29, 1.82) is 0 Å². The van der Waals surface area contributed by atoms with Gasteiger partial charge in [-0.3, -0.25) is 9.59 Å². The summed E-state index contributed by atoms with van der Waals surface area (Å²) in [5.41, 5.74) is 3.79. The number of nitrogens with zero attached hydrogens (tertiary/aromatic N) is 3. The van der Waals surface area contributed by atoms with E-state index in [4.69, 9.17) is 11.6 Å². The number of pyridine rings is 1. The summed E-state index contributed by atoms with van der Waals surface area (Å²) in [5.74, 6) is -1.03. The second kappa shape index (κ2) is 9.37. The minimum Gasteiger partial charge on any atom is -0.481 e. The number of aliphatic carboxylic acids is 1. The summed E-state index contributed by atoms with van der Waals surface area (Å²) in [5, 5.41) is 10.6. The molecule has 1 aromatic carbocycles. The Morgan fingerprint density at radius 3 is 2.71 bits per heavy atom. The number of benzene rings is 1. The van der Waals surface area contributed by atoms with Gasteiger partial charge < -0.3 is 14.6 Å². The average molecular weight is 484 g/mol. The minimum atomic E-state index is -0.727. The quantitative estimate of drug-likeness (QED) is 0.551. The molecular weight excluding hydrogens is 457 g/mol. The van der Waals surface area contributed by atoms with Gasteiger partial charge in [-0.05, 0) is 79.5 Å². The molecule has 0 radical (unpaired) electrons. The Kier molecular flexibility index (Phi) is 6.30. The predicted molar refractivity (Wildman–Crippen MR) is 127 cm³/mol. The normalized spacial score (nSPS) is 20.4. The van der Waals surface area contributed by atoms with Gasteiger partial charge in [-0.1, -0.05) is 11.6 Å². The molecule has 8 heteroatoms. The number of halogens is 2. The fourth-order valence-corrected chi connectivity index (χ4v) is 5.76. The van der Waals surface area contributed by atoms with Crippen LogP contribution in [-0.4, -0.2) is 38.0 Å². The molecule has 0 unspecified atom stereocenters. The maximum atomic E-state index is 14.0. The molecule has 34 heavy (non-hydrogen) atoms. The van der Waals surface area contributed by atoms with Gasteiger partial charge >= 0.3 is 5.97 Å². The zero-order valence-corrected chi connectivity index (χ0v) is 19.6. The van der Waals surface area contributed by atoms with E-state index in [2.05, 4.69) is 15.6 Å². The van der Waals surface area contributed by atoms with E-state index in [1.165, 1.54) is 17.7 Å². The molecule has 2 aliphatic rings. The number of carboxylic acids is 1. The van der Waals surface area contributed by atoms with Crippen LogP contribution in [0.15, 0.2) is 36.5 Å². The first-order valence-corrected chi connectivity index (χ1v) is 12.2. The zero-order chi connectivity index (χ0) is 23.8. The Hall–Kier alpha value is -2.93. The SMILES string of the molecule is O=C(C[C@H]1CC[C@@H](C(=O)O)CC1)N1CCc2c(n(Cc3cc(F)cc(Cl)c3)c3ncccc23)C1. The molecule has 1 fully saturated rings. The van der Waals surface area contributed by atoms with Crippen molar-refractivity contribution in [3.05, 3.63) is 64.2 Å². The van der Waals surface area contributed by atoms with Crippen molar-refractivity contribution < 1.29 is 19.1 Å². The van der Waals surface area contributed by atoms with E-state index >= 15 is 0 Å². The molecule has 1 saturated carbocycles. The van der Waals surface area contributed by atoms with Crippen LogP contribution in [0.1, 0.15) is 48.9 Å². The first-order chi connectivity index (χ1) is 16.4. The first-order valence-electron chi connectivity index (χ1n) is 11.8. The molecule has 0 atom stereocenters. The number of fused-ring (bicyclic) bond motifs is 3. The third-order valence-corrected chi connectivity index (χ3v) is 7.51. The van der Waals surface area contributed by atoms with Crippen LogP contribution >= 0.6 is 11.6 Å². The Balaban J connectivity index is 1.37. The van der Waals surface area contributed by atoms with Gasteiger partial charge in [-0.15, -0.1) is 0 Å². The lowest BCUT2D eigenvalue weighted by molar-refractivity contribution is -0.143. The highest BCUT2D eigenvalue weighted by Crippen LogP contribution is 2.34. The molecule has 3 aromatic rings. The molecule has 1 aliphatic carbocycles. The molecule has 3 heterocycles. The van der Waals surface area contributed by atoms with Crippen molar-refractivity contribution >= 4 is 34.5 Å². The Morgan fingerprint density at radius 1 is 1.18 bits per heavy atom. The highest BCUT2D eigenvalue weighted by atomic mass is 35.5. The number of carboxylic acid groups (broad SMARTS) is 1. The summed E-state index contributed by atoms with van der Waals surface area (Å²) in [4.78, 5) is 30.9. The average Bonchev–Trinajstić information content (AvgIpc) is 3.12. The molecule has 0 saturated heterocycles. The van der Waals surface area contributed by atoms with Gasteiger partial charge in [-0.2, -0.15) is 0 Å². The van der Waals surface area contributed by atoms with Crippen LogP contribution in [0, 0.1) is 17.7 Å². The van der Waals surface area contributed by atoms with E-state index in [9.17, 15) is 19.1 Å². The van der Waals surface area contributed by atoms with E-state index in [0.717, 1.165) is 41.6 Å². The second-order valence-corrected chi connectivity index (χ2v) is 9.93. The van der Waals surface area contributed by atoms with Crippen molar-refractivity contribution in [2.45, 2.75) is 51.6 Å². The summed E-state index contributed by atoms with van der Waals surface area (Å²) in [7, 11) is 0. The number of rotatable bonds is 5. The van der Waals surface area contributed by atoms with E-state index < -0.39 is 5.97 Å². The Bertz CT molecular complexity index is 1230. The molecule has 1 amide bonds. The van der Waals surface area contributed by atoms with Crippen LogP contribution < -0.4 is 0 Å². The molecule has 1 N–H and O–H groups in total. The van der Waals surface area contributed by atoms with Crippen molar-refractivity contribution in [2.24, 2.45) is 11.8 Å². The largest absolute Gasteiger partial charge is 0.481 e. The first kappa shape index (κ1) is 22.8. The molecule has 0 bridgehead atoms. The standard InChI is InChI=1S/C26H27ClFN3O3/c27-19-10-17(11-20(28)13-19)14-31-23-15-30(9-7-21(23)22-2-1-8-29-25(22)31)24(32)12-16-3-5-18(6-4-16)26(33)34/h1-2,8,10-11,13,16,18H,3-7,9,12,14-15H2,(H,33,34)/t16-,18+. The minimum absolute atomic E-state index is 0.114. The van der Waals surface area contributed by atoms with Gasteiger partial charge in [0.05, 0.1) is 12.5 Å². The fraction of sp³-hybridized carbons (Fsp3) is 0.423. The monoisotopic (exact) mass is 483 g/mol. The van der Waals surface area contributed by atoms with Gasteiger partial charge in [0.15, 0.2) is 0 Å². The van der Waals surface area contributed by atoms with Crippen LogP contribution in [-0.2, 0) is 29.1 Å². The van der Waals surface area contributed by atoms with Crippen molar-refractivity contribution in [3.8, 4) is 0 Å². The maximum Gasteiger partial charge on any atom is 0.306 e. The summed E-state index contributed by atoms with van der Waals surface area (Å²) in [6, 6.07) is 8.49. The molecule has 178 valence electrons. The maximum absolute atomic E-state index is 14.0. The van der Waals surface area contributed by atoms with Crippen LogP contribution in [0.4, 0.5) is 4.39 Å². The van der Waals surface area contributed by atoms with Crippen molar-refractivity contribution in [2.75, 3.05) is 6.54 Å². The third kappa shape index (κ3) is 4.53. The number of hydrogen-bond acceptors (Lipinski definition) is 3. The van der Waals surface area contributed by atoms with Crippen molar-refractivity contribution in [3.63, 3.8) is 0 Å². The fourth-order valence-electron chi connectivity index (χ4n) is 5.52. The highest BCUT2D eigenvalue weighted by molar-refractivity contribution is 6.30. The van der Waals surface area contributed by atoms with Crippen LogP contribution in [0.2, 0.25) is 5.02 Å². The van der Waals surface area contributed by atoms with Gasteiger partial charge in [-0.25, -0.2) is 9.37 Å². The smallest absolute Gasteiger partial charge is 0.306 e. The van der Waals surface area contributed by atoms with Gasteiger partial charge in [0.2, 0.25) is 5.91 Å². The molecular formula is C26H27ClFN3O3. The number of aromatic nitrogens is 2.